The quantitative estimate of drug-likeness (QED) is 0.521. The molecule has 4 heterocycles. The number of benzene rings is 1. The molecule has 1 aromatic carbocycles. The van der Waals surface area contributed by atoms with Crippen molar-refractivity contribution in [1.29, 1.82) is 0 Å². The van der Waals surface area contributed by atoms with Crippen LogP contribution in [0.25, 0.3) is 22.1 Å². The molecule has 5 rings (SSSR count). The number of hydrogen-bond donors (Lipinski definition) is 1. The summed E-state index contributed by atoms with van der Waals surface area (Å²) in [5.74, 6) is 0.173. The van der Waals surface area contributed by atoms with Crippen LogP contribution in [0.4, 0.5) is 5.69 Å². The van der Waals surface area contributed by atoms with Gasteiger partial charge in [0.25, 0.3) is 0 Å². The molecule has 1 N–H and O–H groups in total. The second kappa shape index (κ2) is 7.81. The van der Waals surface area contributed by atoms with E-state index in [1.807, 2.05) is 18.3 Å². The summed E-state index contributed by atoms with van der Waals surface area (Å²) in [6.45, 7) is 3.99. The van der Waals surface area contributed by atoms with E-state index < -0.39 is 0 Å². The van der Waals surface area contributed by atoms with Crippen LogP contribution in [-0.2, 0) is 11.2 Å². The van der Waals surface area contributed by atoms with E-state index in [9.17, 15) is 0 Å². The molecule has 2 unspecified atom stereocenters. The van der Waals surface area contributed by atoms with E-state index in [-0.39, 0.29) is 12.0 Å². The number of imidazole rings is 1. The number of anilines is 1. The first-order valence-corrected chi connectivity index (χ1v) is 10.5. The Morgan fingerprint density at radius 3 is 3.03 bits per heavy atom. The van der Waals surface area contributed by atoms with Gasteiger partial charge in [-0.15, -0.1) is 0 Å². The molecule has 0 aliphatic carbocycles. The Kier molecular flexibility index (Phi) is 5.00. The molecule has 7 nitrogen and oxygen atoms in total. The Morgan fingerprint density at radius 1 is 1.30 bits per heavy atom. The minimum absolute atomic E-state index is 0.173. The van der Waals surface area contributed by atoms with Crippen LogP contribution in [0.1, 0.15) is 30.5 Å². The summed E-state index contributed by atoms with van der Waals surface area (Å²) in [5.41, 5.74) is 5.79. The monoisotopic (exact) mass is 422 g/mol. The second-order valence-corrected chi connectivity index (χ2v) is 8.22. The molecule has 1 aliphatic rings. The highest BCUT2D eigenvalue weighted by molar-refractivity contribution is 6.36. The first-order chi connectivity index (χ1) is 14.7. The van der Waals surface area contributed by atoms with Crippen LogP contribution in [0.15, 0.2) is 37.1 Å². The molecule has 0 bridgehead atoms. The van der Waals surface area contributed by atoms with Crippen LogP contribution in [0, 0.1) is 0 Å². The maximum absolute atomic E-state index is 6.70. The number of H-pyrrole nitrogens is 1. The Hall–Kier alpha value is -2.77. The summed E-state index contributed by atoms with van der Waals surface area (Å²) in [4.78, 5) is 23.3. The van der Waals surface area contributed by atoms with E-state index in [0.29, 0.717) is 5.65 Å². The molecular weight excluding hydrogens is 400 g/mol. The fourth-order valence-corrected chi connectivity index (χ4v) is 4.68. The molecule has 0 saturated carbocycles. The van der Waals surface area contributed by atoms with Gasteiger partial charge >= 0.3 is 0 Å². The van der Waals surface area contributed by atoms with E-state index in [2.05, 4.69) is 37.8 Å². The van der Waals surface area contributed by atoms with Crippen molar-refractivity contribution >= 4 is 39.4 Å². The van der Waals surface area contributed by atoms with Crippen molar-refractivity contribution in [1.82, 2.24) is 24.9 Å². The molecule has 30 heavy (non-hydrogen) atoms. The Balaban J connectivity index is 1.61. The number of nitrogens with one attached hydrogen (secondary N) is 1. The highest BCUT2D eigenvalue weighted by Crippen LogP contribution is 2.40. The summed E-state index contributed by atoms with van der Waals surface area (Å²) >= 11 is 6.70. The van der Waals surface area contributed by atoms with Gasteiger partial charge in [0.2, 0.25) is 0 Å². The van der Waals surface area contributed by atoms with Crippen molar-refractivity contribution < 1.29 is 4.74 Å². The molecule has 154 valence electrons. The van der Waals surface area contributed by atoms with Gasteiger partial charge in [-0.1, -0.05) is 18.5 Å². The molecule has 8 heteroatoms. The Labute approximate surface area is 179 Å². The van der Waals surface area contributed by atoms with Gasteiger partial charge in [0.05, 0.1) is 34.4 Å². The lowest BCUT2D eigenvalue weighted by Crippen LogP contribution is -2.24. The molecule has 2 atom stereocenters. The zero-order chi connectivity index (χ0) is 20.7. The number of methoxy groups -OCH3 is 1. The largest absolute Gasteiger partial charge is 0.380 e. The van der Waals surface area contributed by atoms with E-state index in [1.54, 1.807) is 19.8 Å². The Bertz CT molecular complexity index is 1210. The van der Waals surface area contributed by atoms with Crippen molar-refractivity contribution in [2.75, 3.05) is 25.1 Å². The predicted molar refractivity (Wildman–Crippen MR) is 118 cm³/mol. The number of halogens is 1. The van der Waals surface area contributed by atoms with Crippen molar-refractivity contribution in [2.24, 2.45) is 0 Å². The fourth-order valence-electron chi connectivity index (χ4n) is 4.41. The molecule has 1 saturated heterocycles. The number of aromatic nitrogens is 5. The van der Waals surface area contributed by atoms with E-state index in [1.165, 1.54) is 5.56 Å². The van der Waals surface area contributed by atoms with Crippen LogP contribution in [0.3, 0.4) is 0 Å². The van der Waals surface area contributed by atoms with E-state index >= 15 is 0 Å². The topological polar surface area (TPSA) is 79.8 Å². The van der Waals surface area contributed by atoms with Crippen molar-refractivity contribution in [3.63, 3.8) is 0 Å². The van der Waals surface area contributed by atoms with Crippen LogP contribution >= 0.6 is 11.6 Å². The first kappa shape index (κ1) is 19.2. The molecule has 1 fully saturated rings. The summed E-state index contributed by atoms with van der Waals surface area (Å²) in [6.07, 6.45) is 7.04. The number of aromatic amines is 1. The van der Waals surface area contributed by atoms with Crippen molar-refractivity contribution in [2.45, 2.75) is 31.8 Å². The number of pyridine rings is 1. The van der Waals surface area contributed by atoms with E-state index in [0.717, 1.165) is 58.8 Å². The van der Waals surface area contributed by atoms with Gasteiger partial charge in [-0.05, 0) is 42.5 Å². The minimum Gasteiger partial charge on any atom is -0.380 e. The summed E-state index contributed by atoms with van der Waals surface area (Å²) in [7, 11) is 1.78. The number of hydrogen-bond acceptors (Lipinski definition) is 6. The van der Waals surface area contributed by atoms with E-state index in [4.69, 9.17) is 21.3 Å². The Morgan fingerprint density at radius 2 is 2.20 bits per heavy atom. The smallest absolute Gasteiger partial charge is 0.180 e. The van der Waals surface area contributed by atoms with Gasteiger partial charge in [0, 0.05) is 31.8 Å². The summed E-state index contributed by atoms with van der Waals surface area (Å²) in [5, 5.41) is 1.70. The summed E-state index contributed by atoms with van der Waals surface area (Å²) in [6, 6.07) is 6.06. The normalized spacial score (nSPS) is 17.8. The zero-order valence-electron chi connectivity index (χ0n) is 17.0. The molecule has 0 radical (unpaired) electrons. The average molecular weight is 423 g/mol. The van der Waals surface area contributed by atoms with Gasteiger partial charge in [0.1, 0.15) is 11.8 Å². The maximum atomic E-state index is 6.70. The van der Waals surface area contributed by atoms with Gasteiger partial charge in [0.15, 0.2) is 5.65 Å². The third kappa shape index (κ3) is 3.28. The van der Waals surface area contributed by atoms with Crippen LogP contribution in [-0.4, -0.2) is 51.2 Å². The number of fused-ring (bicyclic) bond motifs is 2. The van der Waals surface area contributed by atoms with Crippen LogP contribution in [0.2, 0.25) is 5.02 Å². The lowest BCUT2D eigenvalue weighted by atomic mass is 9.92. The van der Waals surface area contributed by atoms with Gasteiger partial charge in [-0.2, -0.15) is 0 Å². The summed E-state index contributed by atoms with van der Waals surface area (Å²) < 4.78 is 5.62. The number of rotatable bonds is 5. The SMILES string of the molecule is COC1CCN(c2c(C(C)Cc3ncnc4nc[nH]c34)cc(Cl)c3cccnc23)C1. The number of nitrogens with zero attached hydrogens (tertiary/aromatic N) is 5. The lowest BCUT2D eigenvalue weighted by Gasteiger charge is -2.26. The molecule has 0 spiro atoms. The van der Waals surface area contributed by atoms with Crippen LogP contribution < -0.4 is 4.90 Å². The third-order valence-corrected chi connectivity index (χ3v) is 6.28. The van der Waals surface area contributed by atoms with Gasteiger partial charge in [-0.3, -0.25) is 4.98 Å². The molecular formula is C22H23ClN6O. The molecule has 1 aliphatic heterocycles. The highest BCUT2D eigenvalue weighted by Gasteiger charge is 2.28. The minimum atomic E-state index is 0.173. The van der Waals surface area contributed by atoms with Crippen molar-refractivity contribution in [3.05, 3.63) is 53.3 Å². The third-order valence-electron chi connectivity index (χ3n) is 5.97. The number of ether oxygens (including phenoxy) is 1. The highest BCUT2D eigenvalue weighted by atomic mass is 35.5. The van der Waals surface area contributed by atoms with Crippen LogP contribution in [0.5, 0.6) is 0 Å². The maximum Gasteiger partial charge on any atom is 0.180 e. The average Bonchev–Trinajstić information content (AvgIpc) is 3.43. The molecule has 3 aromatic heterocycles. The second-order valence-electron chi connectivity index (χ2n) is 7.81. The zero-order valence-corrected chi connectivity index (χ0v) is 17.7. The first-order valence-electron chi connectivity index (χ1n) is 10.1. The van der Waals surface area contributed by atoms with Gasteiger partial charge < -0.3 is 14.6 Å². The van der Waals surface area contributed by atoms with Crippen molar-refractivity contribution in [3.8, 4) is 0 Å². The molecule has 0 amide bonds. The standard InChI is InChI=1S/C22H23ClN6O/c1-13(8-18-20-22(27-11-25-18)28-12-26-20)16-9-17(23)15-4-3-6-24-19(15)21(16)29-7-5-14(10-29)30-2/h3-4,6,9,11-14H,5,7-8,10H2,1-2H3,(H,25,26,27,28). The predicted octanol–water partition coefficient (Wildman–Crippen LogP) is 4.13. The lowest BCUT2D eigenvalue weighted by molar-refractivity contribution is 0.121. The molecule has 4 aromatic rings. The fraction of sp³-hybridized carbons (Fsp3) is 0.364. The van der Waals surface area contributed by atoms with Gasteiger partial charge in [-0.25, -0.2) is 15.0 Å².